The highest BCUT2D eigenvalue weighted by Gasteiger charge is 2.47. The number of aryl methyl sites for hydroxylation is 1. The lowest BCUT2D eigenvalue weighted by atomic mass is 9.66. The van der Waals surface area contributed by atoms with Crippen LogP contribution in [-0.4, -0.2) is 28.4 Å². The molecule has 1 N–H and O–H groups in total. The van der Waals surface area contributed by atoms with E-state index in [-0.39, 0.29) is 18.4 Å². The monoisotopic (exact) mass is 333 g/mol. The average molecular weight is 333 g/mol. The summed E-state index contributed by atoms with van der Waals surface area (Å²) in [6.07, 6.45) is 7.14. The molecule has 132 valence electrons. The Morgan fingerprint density at radius 2 is 2.04 bits per heavy atom. The third kappa shape index (κ3) is 3.21. The molecule has 0 aromatic carbocycles. The van der Waals surface area contributed by atoms with E-state index in [9.17, 15) is 14.7 Å². The maximum atomic E-state index is 12.9. The van der Waals surface area contributed by atoms with Crippen molar-refractivity contribution in [3.05, 3.63) is 23.7 Å². The van der Waals surface area contributed by atoms with Gasteiger partial charge in [-0.3, -0.25) is 9.59 Å². The maximum absolute atomic E-state index is 12.9. The summed E-state index contributed by atoms with van der Waals surface area (Å²) in [5.41, 5.74) is -0.828. The minimum atomic E-state index is -0.828. The van der Waals surface area contributed by atoms with Crippen LogP contribution in [0.15, 0.2) is 16.5 Å². The topological polar surface area (TPSA) is 70.8 Å². The Morgan fingerprint density at radius 3 is 2.62 bits per heavy atom. The Hall–Kier alpha value is -1.78. The van der Waals surface area contributed by atoms with Crippen LogP contribution >= 0.6 is 0 Å². The van der Waals surface area contributed by atoms with Crippen molar-refractivity contribution >= 4 is 11.9 Å². The van der Waals surface area contributed by atoms with Crippen molar-refractivity contribution < 1.29 is 19.1 Å². The molecule has 3 rings (SSSR count). The number of hydrogen-bond acceptors (Lipinski definition) is 3. The number of nitrogens with zero attached hydrogens (tertiary/aromatic N) is 1. The first-order valence-electron chi connectivity index (χ1n) is 9.17. The van der Waals surface area contributed by atoms with Crippen LogP contribution in [0, 0.1) is 5.41 Å². The lowest BCUT2D eigenvalue weighted by molar-refractivity contribution is -0.160. The van der Waals surface area contributed by atoms with Gasteiger partial charge in [-0.25, -0.2) is 0 Å². The summed E-state index contributed by atoms with van der Waals surface area (Å²) >= 11 is 0. The highest BCUT2D eigenvalue weighted by atomic mass is 16.4. The molecule has 1 aliphatic carbocycles. The molecule has 1 aromatic heterocycles. The molecule has 1 unspecified atom stereocenters. The van der Waals surface area contributed by atoms with Crippen LogP contribution in [0.4, 0.5) is 0 Å². The second-order valence-corrected chi connectivity index (χ2v) is 7.23. The molecular formula is C19H27NO4. The normalized spacial score (nSPS) is 23.4. The Labute approximate surface area is 143 Å². The first-order chi connectivity index (χ1) is 11.6. The fourth-order valence-electron chi connectivity index (χ4n) is 3.93. The maximum Gasteiger partial charge on any atom is 0.310 e. The molecule has 1 aliphatic heterocycles. The zero-order chi connectivity index (χ0) is 17.2. The quantitative estimate of drug-likeness (QED) is 0.886. The van der Waals surface area contributed by atoms with Gasteiger partial charge in [0.2, 0.25) is 5.91 Å². The number of carbonyl (C=O) groups is 2. The van der Waals surface area contributed by atoms with E-state index in [1.165, 1.54) is 0 Å². The van der Waals surface area contributed by atoms with Crippen molar-refractivity contribution in [3.63, 3.8) is 0 Å². The lowest BCUT2D eigenvalue weighted by Crippen LogP contribution is -2.44. The van der Waals surface area contributed by atoms with Crippen molar-refractivity contribution in [3.8, 4) is 0 Å². The number of carbonyl (C=O) groups excluding carboxylic acids is 1. The van der Waals surface area contributed by atoms with Gasteiger partial charge in [-0.15, -0.1) is 0 Å². The highest BCUT2D eigenvalue weighted by Crippen LogP contribution is 2.45. The van der Waals surface area contributed by atoms with Crippen molar-refractivity contribution in [1.29, 1.82) is 0 Å². The molecule has 1 aromatic rings. The molecule has 1 saturated carbocycles. The smallest absolute Gasteiger partial charge is 0.310 e. The van der Waals surface area contributed by atoms with E-state index in [0.717, 1.165) is 50.0 Å². The molecule has 1 amide bonds. The molecule has 5 nitrogen and oxygen atoms in total. The van der Waals surface area contributed by atoms with Crippen LogP contribution < -0.4 is 0 Å². The fourth-order valence-corrected chi connectivity index (χ4v) is 3.93. The second kappa shape index (κ2) is 6.99. The van der Waals surface area contributed by atoms with Gasteiger partial charge in [0.15, 0.2) is 0 Å². The van der Waals surface area contributed by atoms with Gasteiger partial charge < -0.3 is 14.4 Å². The summed E-state index contributed by atoms with van der Waals surface area (Å²) in [6.45, 7) is 2.74. The van der Waals surface area contributed by atoms with E-state index >= 15 is 0 Å². The Bertz CT molecular complexity index is 602. The SMILES string of the molecule is CCc1ccc(C2CCCCCN2C(=O)CC2(C(=O)O)CCC2)o1. The molecular weight excluding hydrogens is 306 g/mol. The first kappa shape index (κ1) is 17.1. The zero-order valence-corrected chi connectivity index (χ0v) is 14.4. The van der Waals surface area contributed by atoms with Gasteiger partial charge in [0.1, 0.15) is 11.5 Å². The van der Waals surface area contributed by atoms with Gasteiger partial charge in [0.05, 0.1) is 11.5 Å². The number of amides is 1. The number of aliphatic carboxylic acids is 1. The molecule has 2 heterocycles. The van der Waals surface area contributed by atoms with Crippen LogP contribution in [0.25, 0.3) is 0 Å². The van der Waals surface area contributed by atoms with Crippen LogP contribution in [0.5, 0.6) is 0 Å². The summed E-state index contributed by atoms with van der Waals surface area (Å²) in [4.78, 5) is 26.4. The lowest BCUT2D eigenvalue weighted by Gasteiger charge is -2.39. The molecule has 0 bridgehead atoms. The van der Waals surface area contributed by atoms with Crippen LogP contribution in [0.3, 0.4) is 0 Å². The summed E-state index contributed by atoms with van der Waals surface area (Å²) in [7, 11) is 0. The van der Waals surface area contributed by atoms with Crippen LogP contribution in [0.1, 0.15) is 75.9 Å². The molecule has 0 spiro atoms. The first-order valence-corrected chi connectivity index (χ1v) is 9.17. The minimum Gasteiger partial charge on any atom is -0.481 e. The second-order valence-electron chi connectivity index (χ2n) is 7.23. The van der Waals surface area contributed by atoms with Gasteiger partial charge >= 0.3 is 5.97 Å². The van der Waals surface area contributed by atoms with E-state index in [2.05, 4.69) is 0 Å². The predicted molar refractivity (Wildman–Crippen MR) is 89.5 cm³/mol. The third-order valence-corrected chi connectivity index (χ3v) is 5.69. The summed E-state index contributed by atoms with van der Waals surface area (Å²) in [5.74, 6) is 0.931. The van der Waals surface area contributed by atoms with E-state index in [1.54, 1.807) is 0 Å². The van der Waals surface area contributed by atoms with Gasteiger partial charge in [0, 0.05) is 19.4 Å². The van der Waals surface area contributed by atoms with E-state index in [0.29, 0.717) is 19.4 Å². The number of likely N-dealkylation sites (tertiary alicyclic amines) is 1. The number of rotatable bonds is 5. The third-order valence-electron chi connectivity index (χ3n) is 5.69. The molecule has 1 atom stereocenters. The molecule has 2 fully saturated rings. The Balaban J connectivity index is 1.79. The van der Waals surface area contributed by atoms with Crippen molar-refractivity contribution in [2.75, 3.05) is 6.54 Å². The van der Waals surface area contributed by atoms with E-state index in [4.69, 9.17) is 4.42 Å². The molecule has 0 radical (unpaired) electrons. The zero-order valence-electron chi connectivity index (χ0n) is 14.4. The number of carboxylic acids is 1. The summed E-state index contributed by atoms with van der Waals surface area (Å²) in [5, 5.41) is 9.52. The minimum absolute atomic E-state index is 0.0292. The summed E-state index contributed by atoms with van der Waals surface area (Å²) < 4.78 is 5.92. The Morgan fingerprint density at radius 1 is 1.25 bits per heavy atom. The molecule has 1 saturated heterocycles. The standard InChI is InChI=1S/C19H27NO4/c1-2-14-8-9-16(24-14)15-7-4-3-5-12-20(15)17(21)13-19(18(22)23)10-6-11-19/h8-9,15H,2-7,10-13H2,1H3,(H,22,23). The van der Waals surface area contributed by atoms with Crippen molar-refractivity contribution in [1.82, 2.24) is 4.90 Å². The largest absolute Gasteiger partial charge is 0.481 e. The summed E-state index contributed by atoms with van der Waals surface area (Å²) in [6, 6.07) is 3.91. The van der Waals surface area contributed by atoms with Gasteiger partial charge in [0.25, 0.3) is 0 Å². The number of furan rings is 1. The van der Waals surface area contributed by atoms with Crippen molar-refractivity contribution in [2.45, 2.75) is 70.8 Å². The van der Waals surface area contributed by atoms with Crippen LogP contribution in [-0.2, 0) is 16.0 Å². The average Bonchev–Trinajstić information content (AvgIpc) is 2.86. The van der Waals surface area contributed by atoms with Crippen LogP contribution in [0.2, 0.25) is 0 Å². The molecule has 2 aliphatic rings. The fraction of sp³-hybridized carbons (Fsp3) is 0.684. The Kier molecular flexibility index (Phi) is 4.97. The van der Waals surface area contributed by atoms with E-state index in [1.807, 2.05) is 24.0 Å². The van der Waals surface area contributed by atoms with E-state index < -0.39 is 11.4 Å². The molecule has 24 heavy (non-hydrogen) atoms. The number of carboxylic acid groups (broad SMARTS) is 1. The molecule has 5 heteroatoms. The van der Waals surface area contributed by atoms with Crippen molar-refractivity contribution in [2.24, 2.45) is 5.41 Å². The van der Waals surface area contributed by atoms with Gasteiger partial charge in [-0.1, -0.05) is 26.2 Å². The predicted octanol–water partition coefficient (Wildman–Crippen LogP) is 3.93. The highest BCUT2D eigenvalue weighted by molar-refractivity contribution is 5.86. The van der Waals surface area contributed by atoms with Gasteiger partial charge in [-0.2, -0.15) is 0 Å². The number of hydrogen-bond donors (Lipinski definition) is 1. The van der Waals surface area contributed by atoms with Gasteiger partial charge in [-0.05, 0) is 37.8 Å².